The second kappa shape index (κ2) is 8.83. The molecule has 10 heteroatoms. The van der Waals surface area contributed by atoms with E-state index >= 15 is 0 Å². The number of ketones is 1. The molecule has 2 heterocycles. The molecule has 0 aromatic heterocycles. The van der Waals surface area contributed by atoms with Gasteiger partial charge in [-0.25, -0.2) is 0 Å². The number of phenolic OH excluding ortho intramolecular Hbond substituents is 2. The first-order valence-electron chi connectivity index (χ1n) is 10.1. The van der Waals surface area contributed by atoms with Crippen LogP contribution in [-0.4, -0.2) is 77.9 Å². The van der Waals surface area contributed by atoms with Crippen LogP contribution in [0.15, 0.2) is 47.6 Å². The Morgan fingerprint density at radius 3 is 2.75 bits per heavy atom. The van der Waals surface area contributed by atoms with Gasteiger partial charge in [-0.3, -0.25) is 14.5 Å². The number of piperazine rings is 1. The van der Waals surface area contributed by atoms with Crippen LogP contribution in [0.3, 0.4) is 0 Å². The van der Waals surface area contributed by atoms with Crippen LogP contribution in [0.4, 0.5) is 0 Å². The SMILES string of the molecule is COC1=C(O)C2C(=O)C=C(c3ccc(O)c(O)c3)OC2C=C1OCCN1CCNC(=O)C1. The number of hydrogen-bond donors (Lipinski definition) is 4. The van der Waals surface area contributed by atoms with E-state index in [9.17, 15) is 24.9 Å². The van der Waals surface area contributed by atoms with Crippen molar-refractivity contribution in [2.24, 2.45) is 5.92 Å². The number of carbonyl (C=O) groups excluding carboxylic acids is 2. The summed E-state index contributed by atoms with van der Waals surface area (Å²) in [5, 5.41) is 32.7. The second-order valence-electron chi connectivity index (χ2n) is 7.60. The van der Waals surface area contributed by atoms with Gasteiger partial charge in [0.05, 0.1) is 13.7 Å². The Kier molecular flexibility index (Phi) is 5.95. The number of ether oxygens (including phenoxy) is 3. The van der Waals surface area contributed by atoms with Gasteiger partial charge in [-0.15, -0.1) is 0 Å². The Hall–Kier alpha value is -3.66. The minimum Gasteiger partial charge on any atom is -0.507 e. The van der Waals surface area contributed by atoms with Gasteiger partial charge in [0.15, 0.2) is 34.6 Å². The molecular weight excluding hydrogens is 420 g/mol. The largest absolute Gasteiger partial charge is 0.507 e. The van der Waals surface area contributed by atoms with E-state index in [2.05, 4.69) is 5.32 Å². The number of aliphatic hydroxyl groups excluding tert-OH is 1. The number of nitrogens with zero attached hydrogens (tertiary/aromatic N) is 1. The Morgan fingerprint density at radius 2 is 2.03 bits per heavy atom. The fourth-order valence-electron chi connectivity index (χ4n) is 3.86. The van der Waals surface area contributed by atoms with Gasteiger partial charge >= 0.3 is 0 Å². The van der Waals surface area contributed by atoms with E-state index in [1.165, 1.54) is 31.4 Å². The Morgan fingerprint density at radius 1 is 1.22 bits per heavy atom. The van der Waals surface area contributed by atoms with E-state index in [0.717, 1.165) is 0 Å². The minimum absolute atomic E-state index is 0.0419. The van der Waals surface area contributed by atoms with Crippen molar-refractivity contribution in [1.82, 2.24) is 10.2 Å². The van der Waals surface area contributed by atoms with Gasteiger partial charge in [0.1, 0.15) is 24.4 Å². The van der Waals surface area contributed by atoms with E-state index in [1.54, 1.807) is 6.08 Å². The Bertz CT molecular complexity index is 1030. The average molecular weight is 444 g/mol. The predicted molar refractivity (Wildman–Crippen MR) is 111 cm³/mol. The highest BCUT2D eigenvalue weighted by Gasteiger charge is 2.42. The summed E-state index contributed by atoms with van der Waals surface area (Å²) >= 11 is 0. The van der Waals surface area contributed by atoms with Crippen molar-refractivity contribution in [3.8, 4) is 11.5 Å². The highest BCUT2D eigenvalue weighted by atomic mass is 16.5. The van der Waals surface area contributed by atoms with E-state index in [0.29, 0.717) is 25.2 Å². The molecule has 0 radical (unpaired) electrons. The molecule has 1 aromatic carbocycles. The molecule has 0 spiro atoms. The maximum atomic E-state index is 12.8. The third-order valence-electron chi connectivity index (χ3n) is 5.48. The minimum atomic E-state index is -0.988. The van der Waals surface area contributed by atoms with Crippen molar-refractivity contribution in [2.75, 3.05) is 39.9 Å². The van der Waals surface area contributed by atoms with E-state index in [-0.39, 0.29) is 53.6 Å². The van der Waals surface area contributed by atoms with Crippen LogP contribution in [0.2, 0.25) is 0 Å². The Balaban J connectivity index is 1.52. The second-order valence-corrected chi connectivity index (χ2v) is 7.60. The zero-order valence-corrected chi connectivity index (χ0v) is 17.4. The number of amides is 1. The van der Waals surface area contributed by atoms with Crippen LogP contribution in [0.25, 0.3) is 5.76 Å². The summed E-state index contributed by atoms with van der Waals surface area (Å²) in [6.07, 6.45) is 1.95. The van der Waals surface area contributed by atoms with Crippen molar-refractivity contribution in [3.63, 3.8) is 0 Å². The molecule has 170 valence electrons. The van der Waals surface area contributed by atoms with Crippen LogP contribution in [0, 0.1) is 5.92 Å². The molecule has 3 aliphatic rings. The molecular formula is C22H24N2O8. The standard InChI is InChI=1S/C22H24N2O8/c1-30-22-18(31-7-6-24-5-4-23-19(28)11-24)10-17-20(21(22)29)15(27)9-16(32-17)12-2-3-13(25)14(26)8-12/h2-3,8-10,17,20,25-26,29H,4-7,11H2,1H3,(H,23,28). The monoisotopic (exact) mass is 444 g/mol. The van der Waals surface area contributed by atoms with Crippen molar-refractivity contribution in [1.29, 1.82) is 0 Å². The summed E-state index contributed by atoms with van der Waals surface area (Å²) in [5.74, 6) is -1.88. The quantitative estimate of drug-likeness (QED) is 0.469. The first kappa shape index (κ1) is 21.6. The molecule has 0 bridgehead atoms. The maximum Gasteiger partial charge on any atom is 0.234 e. The molecule has 2 unspecified atom stereocenters. The van der Waals surface area contributed by atoms with Crippen LogP contribution in [0.1, 0.15) is 5.56 Å². The number of allylic oxidation sites excluding steroid dienone is 1. The third-order valence-corrected chi connectivity index (χ3v) is 5.48. The topological polar surface area (TPSA) is 138 Å². The molecule has 10 nitrogen and oxygen atoms in total. The molecule has 2 atom stereocenters. The van der Waals surface area contributed by atoms with Gasteiger partial charge in [0, 0.05) is 37.3 Å². The third kappa shape index (κ3) is 4.22. The fourth-order valence-corrected chi connectivity index (χ4v) is 3.86. The molecule has 1 saturated heterocycles. The molecule has 1 amide bonds. The van der Waals surface area contributed by atoms with Crippen LogP contribution >= 0.6 is 0 Å². The highest BCUT2D eigenvalue weighted by molar-refractivity contribution is 6.01. The number of phenols is 2. The molecule has 1 fully saturated rings. The molecule has 2 aliphatic heterocycles. The number of fused-ring (bicyclic) bond motifs is 1. The van der Waals surface area contributed by atoms with Crippen molar-refractivity contribution in [3.05, 3.63) is 53.2 Å². The number of carbonyl (C=O) groups is 2. The molecule has 32 heavy (non-hydrogen) atoms. The lowest BCUT2D eigenvalue weighted by Gasteiger charge is -2.33. The first-order valence-corrected chi connectivity index (χ1v) is 10.1. The number of benzene rings is 1. The predicted octanol–water partition coefficient (Wildman–Crippen LogP) is 0.785. The van der Waals surface area contributed by atoms with E-state index in [1.807, 2.05) is 4.90 Å². The summed E-state index contributed by atoms with van der Waals surface area (Å²) in [4.78, 5) is 26.2. The van der Waals surface area contributed by atoms with Crippen molar-refractivity contribution < 1.29 is 39.1 Å². The highest BCUT2D eigenvalue weighted by Crippen LogP contribution is 2.39. The van der Waals surface area contributed by atoms with Crippen LogP contribution in [-0.2, 0) is 23.8 Å². The summed E-state index contributed by atoms with van der Waals surface area (Å²) in [5.41, 5.74) is 0.396. The zero-order chi connectivity index (χ0) is 22.8. The summed E-state index contributed by atoms with van der Waals surface area (Å²) in [6, 6.07) is 4.07. The normalized spacial score (nSPS) is 23.5. The molecule has 4 N–H and O–H groups in total. The number of methoxy groups -OCH3 is 1. The number of nitrogens with one attached hydrogen (secondary N) is 1. The Labute approximate surface area is 184 Å². The van der Waals surface area contributed by atoms with Crippen molar-refractivity contribution in [2.45, 2.75) is 6.10 Å². The lowest BCUT2D eigenvalue weighted by atomic mass is 9.87. The van der Waals surface area contributed by atoms with Gasteiger partial charge in [-0.1, -0.05) is 0 Å². The average Bonchev–Trinajstić information content (AvgIpc) is 2.75. The van der Waals surface area contributed by atoms with Gasteiger partial charge < -0.3 is 34.8 Å². The fraction of sp³-hybridized carbons (Fsp3) is 0.364. The van der Waals surface area contributed by atoms with Crippen LogP contribution in [0.5, 0.6) is 11.5 Å². The first-order chi connectivity index (χ1) is 15.4. The smallest absolute Gasteiger partial charge is 0.234 e. The summed E-state index contributed by atoms with van der Waals surface area (Å²) in [7, 11) is 1.37. The molecule has 1 aliphatic carbocycles. The number of hydrogen-bond acceptors (Lipinski definition) is 9. The van der Waals surface area contributed by atoms with Gasteiger partial charge in [-0.2, -0.15) is 0 Å². The van der Waals surface area contributed by atoms with Gasteiger partial charge in [0.25, 0.3) is 0 Å². The molecule has 1 aromatic rings. The van der Waals surface area contributed by atoms with E-state index < -0.39 is 17.8 Å². The molecule has 4 rings (SSSR count). The summed E-state index contributed by atoms with van der Waals surface area (Å²) < 4.78 is 17.0. The summed E-state index contributed by atoms with van der Waals surface area (Å²) in [6.45, 7) is 2.31. The van der Waals surface area contributed by atoms with Crippen LogP contribution < -0.4 is 5.32 Å². The lowest BCUT2D eigenvalue weighted by molar-refractivity contribution is -0.124. The number of aliphatic hydroxyl groups is 1. The number of rotatable bonds is 6. The lowest BCUT2D eigenvalue weighted by Crippen LogP contribution is -2.48. The van der Waals surface area contributed by atoms with E-state index in [4.69, 9.17) is 14.2 Å². The molecule has 0 saturated carbocycles. The van der Waals surface area contributed by atoms with Gasteiger partial charge in [0.2, 0.25) is 5.91 Å². The zero-order valence-electron chi connectivity index (χ0n) is 17.4. The number of aromatic hydroxyl groups is 2. The maximum absolute atomic E-state index is 12.8. The van der Waals surface area contributed by atoms with Gasteiger partial charge in [-0.05, 0) is 18.2 Å². The van der Waals surface area contributed by atoms with Crippen molar-refractivity contribution >= 4 is 17.4 Å².